The molecule has 2 aliphatic heterocycles. The Bertz CT molecular complexity index is 1160. The number of piperazine rings is 1. The highest BCUT2D eigenvalue weighted by Crippen LogP contribution is 2.24. The Morgan fingerprint density at radius 2 is 1.68 bits per heavy atom. The molecule has 0 spiro atoms. The van der Waals surface area contributed by atoms with Gasteiger partial charge in [0.25, 0.3) is 0 Å². The molecule has 1 N–H and O–H groups in total. The maximum Gasteiger partial charge on any atom is 0.226 e. The quantitative estimate of drug-likeness (QED) is 0.452. The van der Waals surface area contributed by atoms with Crippen LogP contribution in [0.3, 0.4) is 0 Å². The van der Waals surface area contributed by atoms with E-state index in [1.807, 2.05) is 38.0 Å². The molecule has 0 amide bonds. The van der Waals surface area contributed by atoms with Crippen molar-refractivity contribution in [3.8, 4) is 0 Å². The van der Waals surface area contributed by atoms with Gasteiger partial charge in [0, 0.05) is 63.3 Å². The summed E-state index contributed by atoms with van der Waals surface area (Å²) in [5.74, 6) is 1.54. The maximum atomic E-state index is 5.11. The first-order valence-electron chi connectivity index (χ1n) is 13.6. The minimum absolute atomic E-state index is 0.101. The first-order chi connectivity index (χ1) is 18.1. The average Bonchev–Trinajstić information content (AvgIpc) is 3.27. The lowest BCUT2D eigenvalue weighted by Gasteiger charge is -2.37. The molecule has 0 bridgehead atoms. The largest absolute Gasteiger partial charge is 0.338 e. The average molecular weight is 516 g/mol. The SMILES string of the molecule is C=C1NN(C(=NC(=NC)c2ccc(C(C)(C)C)cc2)N2CCN(C)CC2)C=C1Cc1ccc(C)nc1.CC. The summed E-state index contributed by atoms with van der Waals surface area (Å²) in [5, 5.41) is 2.00. The van der Waals surface area contributed by atoms with Crippen molar-refractivity contribution >= 4 is 11.8 Å². The molecule has 0 unspecified atom stereocenters. The first-order valence-corrected chi connectivity index (χ1v) is 13.6. The smallest absolute Gasteiger partial charge is 0.226 e. The summed E-state index contributed by atoms with van der Waals surface area (Å²) in [4.78, 5) is 18.8. The number of amidine groups is 1. The number of benzene rings is 1. The molecule has 1 saturated heterocycles. The molecule has 204 valence electrons. The van der Waals surface area contributed by atoms with Crippen LogP contribution in [0.15, 0.2) is 76.6 Å². The van der Waals surface area contributed by atoms with Gasteiger partial charge in [0.2, 0.25) is 5.96 Å². The second-order valence-electron chi connectivity index (χ2n) is 10.7. The van der Waals surface area contributed by atoms with E-state index in [0.717, 1.165) is 66.7 Å². The zero-order chi connectivity index (χ0) is 27.9. The number of likely N-dealkylation sites (N-methyl/N-ethyl adjacent to an activating group) is 1. The van der Waals surface area contributed by atoms with Crippen LogP contribution in [0.4, 0.5) is 0 Å². The fourth-order valence-electron chi connectivity index (χ4n) is 4.31. The first kappa shape index (κ1) is 29.1. The topological polar surface area (TPSA) is 59.4 Å². The summed E-state index contributed by atoms with van der Waals surface area (Å²) in [7, 11) is 3.97. The summed E-state index contributed by atoms with van der Waals surface area (Å²) in [5.41, 5.74) is 10.0. The van der Waals surface area contributed by atoms with Gasteiger partial charge in [-0.1, -0.05) is 71.5 Å². The molecule has 1 fully saturated rings. The van der Waals surface area contributed by atoms with E-state index >= 15 is 0 Å². The molecule has 2 aliphatic rings. The third-order valence-corrected chi connectivity index (χ3v) is 6.72. The molecule has 7 heteroatoms. The predicted octanol–water partition coefficient (Wildman–Crippen LogP) is 5.15. The van der Waals surface area contributed by atoms with Crippen molar-refractivity contribution in [2.75, 3.05) is 40.3 Å². The third-order valence-electron chi connectivity index (χ3n) is 6.72. The number of allylic oxidation sites excluding steroid dienone is 1. The van der Waals surface area contributed by atoms with Crippen molar-refractivity contribution in [1.82, 2.24) is 25.2 Å². The molecular weight excluding hydrogens is 470 g/mol. The summed E-state index contributed by atoms with van der Waals surface area (Å²) in [6, 6.07) is 12.8. The number of nitrogens with zero attached hydrogens (tertiary/aromatic N) is 6. The normalized spacial score (nSPS) is 17.2. The Balaban J connectivity index is 0.00000195. The minimum atomic E-state index is 0.101. The molecule has 7 nitrogen and oxygen atoms in total. The van der Waals surface area contributed by atoms with Gasteiger partial charge in [-0.25, -0.2) is 5.01 Å². The molecule has 0 aliphatic carbocycles. The van der Waals surface area contributed by atoms with E-state index in [-0.39, 0.29) is 5.41 Å². The molecule has 2 aromatic rings. The van der Waals surface area contributed by atoms with Gasteiger partial charge in [0.15, 0.2) is 5.84 Å². The highest BCUT2D eigenvalue weighted by atomic mass is 15.6. The Morgan fingerprint density at radius 3 is 2.24 bits per heavy atom. The van der Waals surface area contributed by atoms with E-state index in [1.54, 1.807) is 7.05 Å². The fraction of sp³-hybridized carbons (Fsp3) is 0.452. The second kappa shape index (κ2) is 12.9. The Kier molecular flexibility index (Phi) is 9.86. The van der Waals surface area contributed by atoms with Crippen molar-refractivity contribution in [2.45, 2.75) is 53.4 Å². The standard InChI is InChI=1S/C29H39N7.C2H6/c1-21-8-9-23(19-31-21)18-25-20-36(33-22(25)2)28(35-16-14-34(7)15-17-35)32-27(30-6)24-10-12-26(13-11-24)29(3,4)5;1-2/h8-13,19-20,33H,2,14-18H2,1,3-7H3;1-2H3. The number of hydrazine groups is 1. The van der Waals surface area contributed by atoms with Crippen molar-refractivity contribution in [1.29, 1.82) is 0 Å². The molecule has 3 heterocycles. The number of aliphatic imine (C=N–C) groups is 2. The summed E-state index contributed by atoms with van der Waals surface area (Å²) < 4.78 is 0. The lowest BCUT2D eigenvalue weighted by molar-refractivity contribution is 0.199. The van der Waals surface area contributed by atoms with Gasteiger partial charge in [-0.2, -0.15) is 4.99 Å². The van der Waals surface area contributed by atoms with E-state index in [2.05, 4.69) is 96.1 Å². The molecule has 0 radical (unpaired) electrons. The lowest BCUT2D eigenvalue weighted by Crippen LogP contribution is -2.53. The second-order valence-corrected chi connectivity index (χ2v) is 10.7. The van der Waals surface area contributed by atoms with Gasteiger partial charge in [0.1, 0.15) is 0 Å². The van der Waals surface area contributed by atoms with Crippen LogP contribution >= 0.6 is 0 Å². The van der Waals surface area contributed by atoms with Crippen molar-refractivity contribution < 1.29 is 0 Å². The monoisotopic (exact) mass is 515 g/mol. The van der Waals surface area contributed by atoms with Crippen molar-refractivity contribution in [2.24, 2.45) is 9.98 Å². The van der Waals surface area contributed by atoms with Crippen LogP contribution in [-0.2, 0) is 11.8 Å². The molecule has 4 rings (SSSR count). The lowest BCUT2D eigenvalue weighted by atomic mass is 9.86. The summed E-state index contributed by atoms with van der Waals surface area (Å²) in [6.45, 7) is 20.7. The number of hydrogen-bond acceptors (Lipinski definition) is 4. The van der Waals surface area contributed by atoms with E-state index < -0.39 is 0 Å². The van der Waals surface area contributed by atoms with Gasteiger partial charge < -0.3 is 9.80 Å². The Hall–Kier alpha value is -3.45. The van der Waals surface area contributed by atoms with Crippen LogP contribution in [-0.4, -0.2) is 71.9 Å². The molecule has 0 atom stereocenters. The highest BCUT2D eigenvalue weighted by Gasteiger charge is 2.27. The number of nitrogens with one attached hydrogen (secondary N) is 1. The van der Waals surface area contributed by atoms with E-state index in [0.29, 0.717) is 5.84 Å². The van der Waals surface area contributed by atoms with Gasteiger partial charge in [0.05, 0.1) is 5.70 Å². The number of aromatic nitrogens is 1. The zero-order valence-electron chi connectivity index (χ0n) is 24.5. The van der Waals surface area contributed by atoms with Crippen LogP contribution in [0.2, 0.25) is 0 Å². The number of hydrogen-bond donors (Lipinski definition) is 1. The van der Waals surface area contributed by atoms with Gasteiger partial charge in [-0.15, -0.1) is 0 Å². The van der Waals surface area contributed by atoms with E-state index in [4.69, 9.17) is 4.99 Å². The maximum absolute atomic E-state index is 5.11. The predicted molar refractivity (Wildman–Crippen MR) is 160 cm³/mol. The van der Waals surface area contributed by atoms with Crippen LogP contribution in [0, 0.1) is 6.92 Å². The number of guanidine groups is 1. The van der Waals surface area contributed by atoms with Crippen LogP contribution in [0.5, 0.6) is 0 Å². The molecule has 1 aromatic carbocycles. The van der Waals surface area contributed by atoms with Gasteiger partial charge in [-0.05, 0) is 42.2 Å². The van der Waals surface area contributed by atoms with Crippen molar-refractivity contribution in [3.63, 3.8) is 0 Å². The molecule has 1 aromatic heterocycles. The molecule has 0 saturated carbocycles. The van der Waals surface area contributed by atoms with E-state index in [9.17, 15) is 0 Å². The third kappa shape index (κ3) is 7.32. The van der Waals surface area contributed by atoms with Crippen molar-refractivity contribution in [3.05, 3.63) is 89.0 Å². The zero-order valence-corrected chi connectivity index (χ0v) is 24.5. The summed E-state index contributed by atoms with van der Waals surface area (Å²) in [6.07, 6.45) is 4.80. The minimum Gasteiger partial charge on any atom is -0.338 e. The van der Waals surface area contributed by atoms with Crippen LogP contribution in [0.25, 0.3) is 0 Å². The Labute approximate surface area is 229 Å². The van der Waals surface area contributed by atoms with E-state index in [1.165, 1.54) is 5.56 Å². The molecule has 38 heavy (non-hydrogen) atoms. The molecular formula is C31H45N7. The van der Waals surface area contributed by atoms with Crippen LogP contribution < -0.4 is 5.43 Å². The van der Waals surface area contributed by atoms with Gasteiger partial charge in [-0.3, -0.25) is 15.4 Å². The highest BCUT2D eigenvalue weighted by molar-refractivity contribution is 6.06. The van der Waals surface area contributed by atoms with Gasteiger partial charge >= 0.3 is 0 Å². The number of pyridine rings is 1. The van der Waals surface area contributed by atoms with Crippen LogP contribution in [0.1, 0.15) is 57.0 Å². The number of aryl methyl sites for hydroxylation is 1. The summed E-state index contributed by atoms with van der Waals surface area (Å²) >= 11 is 0. The fourth-order valence-corrected chi connectivity index (χ4v) is 4.31. The number of rotatable bonds is 3. The Morgan fingerprint density at radius 1 is 1.03 bits per heavy atom.